The molecule has 1 aliphatic rings. The van der Waals surface area contributed by atoms with Gasteiger partial charge < -0.3 is 24.0 Å². The van der Waals surface area contributed by atoms with Gasteiger partial charge in [-0.15, -0.1) is 0 Å². The maximum absolute atomic E-state index is 13.1. The fourth-order valence-electron chi connectivity index (χ4n) is 4.14. The zero-order valence-electron chi connectivity index (χ0n) is 17.7. The van der Waals surface area contributed by atoms with E-state index >= 15 is 0 Å². The lowest BCUT2D eigenvalue weighted by molar-refractivity contribution is -0.140. The van der Waals surface area contributed by atoms with Crippen molar-refractivity contribution in [3.05, 3.63) is 71.4 Å². The van der Waals surface area contributed by atoms with Crippen molar-refractivity contribution in [2.75, 3.05) is 27.4 Å². The van der Waals surface area contributed by atoms with Crippen LogP contribution < -0.4 is 4.74 Å². The molecule has 1 amide bonds. The molecule has 0 radical (unpaired) electrons. The number of para-hydroxylation sites is 1. The Labute approximate surface area is 180 Å². The van der Waals surface area contributed by atoms with Crippen molar-refractivity contribution in [2.24, 2.45) is 7.05 Å². The van der Waals surface area contributed by atoms with Crippen LogP contribution >= 0.6 is 0 Å². The molecule has 7 heteroatoms. The van der Waals surface area contributed by atoms with Crippen molar-refractivity contribution in [3.8, 4) is 5.75 Å². The Balaban J connectivity index is 1.95. The molecule has 1 atom stereocenters. The number of aryl methyl sites for hydroxylation is 1. The molecule has 31 heavy (non-hydrogen) atoms. The highest BCUT2D eigenvalue weighted by Gasteiger charge is 2.46. The van der Waals surface area contributed by atoms with Crippen LogP contribution in [0.4, 0.5) is 0 Å². The number of hydrogen-bond donors (Lipinski definition) is 1. The summed E-state index contributed by atoms with van der Waals surface area (Å²) in [6, 6.07) is 13.8. The van der Waals surface area contributed by atoms with Gasteiger partial charge in [0.05, 0.1) is 25.3 Å². The third-order valence-electron chi connectivity index (χ3n) is 5.64. The van der Waals surface area contributed by atoms with E-state index in [-0.39, 0.29) is 24.5 Å². The van der Waals surface area contributed by atoms with Crippen LogP contribution in [0.1, 0.15) is 17.2 Å². The molecule has 1 fully saturated rings. The Morgan fingerprint density at radius 2 is 1.87 bits per heavy atom. The van der Waals surface area contributed by atoms with Crippen molar-refractivity contribution >= 4 is 28.4 Å². The maximum Gasteiger partial charge on any atom is 0.295 e. The van der Waals surface area contributed by atoms with Gasteiger partial charge in [0.25, 0.3) is 11.7 Å². The second kappa shape index (κ2) is 8.28. The number of hydrogen-bond acceptors (Lipinski definition) is 5. The number of Topliss-reactive ketones (excluding diaryl/α,β-unsaturated/α-hetero) is 1. The van der Waals surface area contributed by atoms with Crippen molar-refractivity contribution in [2.45, 2.75) is 6.04 Å². The van der Waals surface area contributed by atoms with E-state index in [4.69, 9.17) is 9.47 Å². The Kier molecular flexibility index (Phi) is 5.52. The molecule has 1 aromatic heterocycles. The summed E-state index contributed by atoms with van der Waals surface area (Å²) in [4.78, 5) is 27.5. The molecule has 160 valence electrons. The van der Waals surface area contributed by atoms with E-state index in [1.807, 2.05) is 42.1 Å². The molecule has 0 aliphatic carbocycles. The third-order valence-corrected chi connectivity index (χ3v) is 5.64. The molecular formula is C24H24N2O5. The largest absolute Gasteiger partial charge is 0.507 e. The van der Waals surface area contributed by atoms with E-state index in [9.17, 15) is 14.7 Å². The van der Waals surface area contributed by atoms with Gasteiger partial charge >= 0.3 is 0 Å². The number of amides is 1. The lowest BCUT2D eigenvalue weighted by Crippen LogP contribution is -2.32. The van der Waals surface area contributed by atoms with Gasteiger partial charge in [0, 0.05) is 48.9 Å². The van der Waals surface area contributed by atoms with Gasteiger partial charge in [0.1, 0.15) is 11.5 Å². The Bertz CT molecular complexity index is 1190. The number of likely N-dealkylation sites (tertiary alicyclic amines) is 1. The molecule has 0 bridgehead atoms. The van der Waals surface area contributed by atoms with E-state index in [1.54, 1.807) is 31.4 Å². The second-order valence-corrected chi connectivity index (χ2v) is 7.43. The summed E-state index contributed by atoms with van der Waals surface area (Å²) in [6.07, 6.45) is 1.90. The van der Waals surface area contributed by atoms with Crippen LogP contribution in [-0.4, -0.2) is 53.6 Å². The number of ether oxygens (including phenoxy) is 2. The molecule has 0 saturated carbocycles. The van der Waals surface area contributed by atoms with Gasteiger partial charge in [-0.1, -0.05) is 30.3 Å². The molecule has 3 aromatic rings. The number of carbonyl (C=O) groups is 2. The van der Waals surface area contributed by atoms with Crippen LogP contribution in [0.25, 0.3) is 16.7 Å². The van der Waals surface area contributed by atoms with E-state index in [1.165, 1.54) is 12.0 Å². The maximum atomic E-state index is 13.1. The molecule has 4 rings (SSSR count). The van der Waals surface area contributed by atoms with Crippen molar-refractivity contribution in [3.63, 3.8) is 0 Å². The van der Waals surface area contributed by atoms with E-state index < -0.39 is 17.7 Å². The van der Waals surface area contributed by atoms with Crippen LogP contribution in [0.2, 0.25) is 0 Å². The SMILES string of the molecule is COCCN1C(=O)C(=O)/C(=C(/O)c2cccc(OC)c2)C1c1cn(C)c2ccccc12. The first kappa shape index (κ1) is 20.7. The number of aromatic nitrogens is 1. The topological polar surface area (TPSA) is 81.0 Å². The first-order valence-corrected chi connectivity index (χ1v) is 9.93. The van der Waals surface area contributed by atoms with Gasteiger partial charge in [0.15, 0.2) is 0 Å². The van der Waals surface area contributed by atoms with E-state index in [0.29, 0.717) is 11.3 Å². The summed E-state index contributed by atoms with van der Waals surface area (Å²) < 4.78 is 12.4. The minimum atomic E-state index is -0.729. The summed E-state index contributed by atoms with van der Waals surface area (Å²) in [5, 5.41) is 12.1. The van der Waals surface area contributed by atoms with E-state index in [0.717, 1.165) is 16.5 Å². The fourth-order valence-corrected chi connectivity index (χ4v) is 4.14. The number of ketones is 1. The summed E-state index contributed by atoms with van der Waals surface area (Å²) in [5.74, 6) is -1.05. The van der Waals surface area contributed by atoms with Gasteiger partial charge in [0.2, 0.25) is 0 Å². The number of rotatable bonds is 6. The van der Waals surface area contributed by atoms with Crippen LogP contribution in [0.3, 0.4) is 0 Å². The monoisotopic (exact) mass is 420 g/mol. The molecule has 7 nitrogen and oxygen atoms in total. The van der Waals surface area contributed by atoms with Gasteiger partial charge in [-0.3, -0.25) is 9.59 Å². The predicted octanol–water partition coefficient (Wildman–Crippen LogP) is 3.26. The highest BCUT2D eigenvalue weighted by molar-refractivity contribution is 6.46. The quantitative estimate of drug-likeness (QED) is 0.376. The van der Waals surface area contributed by atoms with Crippen molar-refractivity contribution in [1.82, 2.24) is 9.47 Å². The average molecular weight is 420 g/mol. The molecule has 1 unspecified atom stereocenters. The Morgan fingerprint density at radius 1 is 1.10 bits per heavy atom. The zero-order chi connectivity index (χ0) is 22.1. The second-order valence-electron chi connectivity index (χ2n) is 7.43. The normalized spacial score (nSPS) is 18.2. The smallest absolute Gasteiger partial charge is 0.295 e. The van der Waals surface area contributed by atoms with Gasteiger partial charge in [-0.25, -0.2) is 0 Å². The molecule has 1 saturated heterocycles. The number of carbonyl (C=O) groups excluding carboxylic acids is 2. The first-order valence-electron chi connectivity index (χ1n) is 9.93. The molecular weight excluding hydrogens is 396 g/mol. The molecule has 2 heterocycles. The number of benzene rings is 2. The average Bonchev–Trinajstić information content (AvgIpc) is 3.25. The molecule has 1 N–H and O–H groups in total. The zero-order valence-corrected chi connectivity index (χ0v) is 17.7. The number of methoxy groups -OCH3 is 2. The number of aliphatic hydroxyl groups excluding tert-OH is 1. The predicted molar refractivity (Wildman–Crippen MR) is 117 cm³/mol. The van der Waals surface area contributed by atoms with Crippen LogP contribution in [0.5, 0.6) is 5.75 Å². The lowest BCUT2D eigenvalue weighted by Gasteiger charge is -2.24. The Hall–Kier alpha value is -3.58. The summed E-state index contributed by atoms with van der Waals surface area (Å²) in [6.45, 7) is 0.497. The highest BCUT2D eigenvalue weighted by Crippen LogP contribution is 2.42. The summed E-state index contributed by atoms with van der Waals surface area (Å²) >= 11 is 0. The van der Waals surface area contributed by atoms with Crippen LogP contribution in [-0.2, 0) is 21.4 Å². The van der Waals surface area contributed by atoms with Crippen molar-refractivity contribution < 1.29 is 24.2 Å². The van der Waals surface area contributed by atoms with Crippen LogP contribution in [0, 0.1) is 0 Å². The number of aliphatic hydroxyl groups is 1. The standard InChI is InChI=1S/C24H24N2O5/c1-25-14-18(17-9-4-5-10-19(17)25)21-20(23(28)24(29)26(21)11-12-30-2)22(27)15-7-6-8-16(13-15)31-3/h4-10,13-14,21,27H,11-12H2,1-3H3/b22-20+. The van der Waals surface area contributed by atoms with Crippen molar-refractivity contribution in [1.29, 1.82) is 0 Å². The summed E-state index contributed by atoms with van der Waals surface area (Å²) in [5.41, 5.74) is 2.22. The van der Waals surface area contributed by atoms with Gasteiger partial charge in [-0.2, -0.15) is 0 Å². The number of fused-ring (bicyclic) bond motifs is 1. The molecule has 1 aliphatic heterocycles. The Morgan fingerprint density at radius 3 is 2.61 bits per heavy atom. The minimum absolute atomic E-state index is 0.0608. The third kappa shape index (κ3) is 3.47. The lowest BCUT2D eigenvalue weighted by atomic mass is 9.95. The van der Waals surface area contributed by atoms with Gasteiger partial charge in [-0.05, 0) is 18.2 Å². The molecule has 2 aromatic carbocycles. The van der Waals surface area contributed by atoms with E-state index in [2.05, 4.69) is 0 Å². The highest BCUT2D eigenvalue weighted by atomic mass is 16.5. The first-order chi connectivity index (χ1) is 15.0. The summed E-state index contributed by atoms with van der Waals surface area (Å²) in [7, 11) is 4.98. The number of nitrogens with zero attached hydrogens (tertiary/aromatic N) is 2. The minimum Gasteiger partial charge on any atom is -0.507 e. The fraction of sp³-hybridized carbons (Fsp3) is 0.250. The van der Waals surface area contributed by atoms with Crippen LogP contribution in [0.15, 0.2) is 60.3 Å². The molecule has 0 spiro atoms.